The van der Waals surface area contributed by atoms with Gasteiger partial charge in [-0.3, -0.25) is 4.79 Å². The molecule has 7 nitrogen and oxygen atoms in total. The molecular weight excluding hydrogens is 244 g/mol. The zero-order valence-corrected chi connectivity index (χ0v) is 9.06. The minimum Gasteiger partial charge on any atom is -0.318 e. The second-order valence-electron chi connectivity index (χ2n) is 3.00. The van der Waals surface area contributed by atoms with E-state index in [1.807, 2.05) is 6.07 Å². The van der Waals surface area contributed by atoms with E-state index in [0.29, 0.717) is 16.3 Å². The van der Waals surface area contributed by atoms with Crippen molar-refractivity contribution in [1.29, 1.82) is 5.26 Å². The Labute approximate surface area is 100 Å². The van der Waals surface area contributed by atoms with Gasteiger partial charge in [-0.05, 0) is 23.4 Å². The molecule has 84 valence electrons. The lowest BCUT2D eigenvalue weighted by Crippen LogP contribution is -2.14. The van der Waals surface area contributed by atoms with E-state index in [9.17, 15) is 4.79 Å². The number of nitrogens with zero attached hydrogens (tertiary/aromatic N) is 4. The summed E-state index contributed by atoms with van der Waals surface area (Å²) < 4.78 is 0. The molecule has 0 aliphatic rings. The van der Waals surface area contributed by atoms with E-state index in [0.717, 1.165) is 0 Å². The van der Waals surface area contributed by atoms with Gasteiger partial charge in [0.15, 0.2) is 0 Å². The van der Waals surface area contributed by atoms with Gasteiger partial charge in [-0.15, -0.1) is 10.2 Å². The molecule has 1 heterocycles. The molecule has 0 radical (unpaired) electrons. The largest absolute Gasteiger partial charge is 0.318 e. The van der Waals surface area contributed by atoms with Gasteiger partial charge in [0.25, 0.3) is 11.7 Å². The van der Waals surface area contributed by atoms with Crippen molar-refractivity contribution >= 4 is 23.2 Å². The summed E-state index contributed by atoms with van der Waals surface area (Å²) in [6.07, 6.45) is 0. The molecule has 2 rings (SSSR count). The summed E-state index contributed by atoms with van der Waals surface area (Å²) in [6.45, 7) is 0. The summed E-state index contributed by atoms with van der Waals surface area (Å²) in [6, 6.07) is 6.47. The van der Waals surface area contributed by atoms with E-state index in [-0.39, 0.29) is 5.82 Å². The summed E-state index contributed by atoms with van der Waals surface area (Å²) in [5.74, 6) is -0.667. The molecule has 2 aromatic rings. The highest BCUT2D eigenvalue weighted by Crippen LogP contribution is 2.22. The van der Waals surface area contributed by atoms with Gasteiger partial charge in [-0.2, -0.15) is 10.5 Å². The quantitative estimate of drug-likeness (QED) is 0.824. The number of carbonyl (C=O) groups excluding carboxylic acids is 1. The first-order valence-electron chi connectivity index (χ1n) is 4.45. The number of anilines is 1. The Bertz CT molecular complexity index is 588. The third kappa shape index (κ3) is 2.38. The van der Waals surface area contributed by atoms with Crippen LogP contribution < -0.4 is 5.32 Å². The van der Waals surface area contributed by atoms with Crippen molar-refractivity contribution in [2.75, 3.05) is 5.32 Å². The molecule has 0 saturated carbocycles. The van der Waals surface area contributed by atoms with E-state index < -0.39 is 5.91 Å². The SMILES string of the molecule is N#Cc1ccc(Cl)c(NC(=O)c2nn[nH]n2)c1. The van der Waals surface area contributed by atoms with Gasteiger partial charge in [-0.1, -0.05) is 11.6 Å². The van der Waals surface area contributed by atoms with E-state index in [1.165, 1.54) is 12.1 Å². The minimum atomic E-state index is -0.560. The zero-order chi connectivity index (χ0) is 12.3. The Morgan fingerprint density at radius 3 is 3.00 bits per heavy atom. The average molecular weight is 249 g/mol. The molecule has 0 spiro atoms. The summed E-state index contributed by atoms with van der Waals surface area (Å²) in [7, 11) is 0. The fraction of sp³-hybridized carbons (Fsp3) is 0. The van der Waals surface area contributed by atoms with Crippen molar-refractivity contribution in [3.8, 4) is 6.07 Å². The first kappa shape index (κ1) is 11.0. The number of nitrogens with one attached hydrogen (secondary N) is 2. The smallest absolute Gasteiger partial charge is 0.297 e. The topological polar surface area (TPSA) is 107 Å². The summed E-state index contributed by atoms with van der Waals surface area (Å²) in [5, 5.41) is 24.0. The molecule has 0 aliphatic heterocycles. The van der Waals surface area contributed by atoms with Crippen LogP contribution in [0.3, 0.4) is 0 Å². The number of H-pyrrole nitrogens is 1. The van der Waals surface area contributed by atoms with Crippen molar-refractivity contribution in [2.45, 2.75) is 0 Å². The molecule has 0 unspecified atom stereocenters. The van der Waals surface area contributed by atoms with Crippen molar-refractivity contribution in [2.24, 2.45) is 0 Å². The summed E-state index contributed by atoms with van der Waals surface area (Å²) in [5.41, 5.74) is 0.707. The van der Waals surface area contributed by atoms with Gasteiger partial charge in [0, 0.05) is 0 Å². The van der Waals surface area contributed by atoms with Gasteiger partial charge >= 0.3 is 0 Å². The van der Waals surface area contributed by atoms with Gasteiger partial charge in [-0.25, -0.2) is 0 Å². The van der Waals surface area contributed by atoms with Crippen molar-refractivity contribution in [3.05, 3.63) is 34.6 Å². The highest BCUT2D eigenvalue weighted by Gasteiger charge is 2.12. The van der Waals surface area contributed by atoms with Gasteiger partial charge in [0.2, 0.25) is 0 Å². The molecule has 0 fully saturated rings. The Hall–Kier alpha value is -2.46. The van der Waals surface area contributed by atoms with E-state index >= 15 is 0 Å². The number of amides is 1. The van der Waals surface area contributed by atoms with E-state index in [4.69, 9.17) is 16.9 Å². The Balaban J connectivity index is 2.25. The highest BCUT2D eigenvalue weighted by molar-refractivity contribution is 6.33. The van der Waals surface area contributed by atoms with Crippen LogP contribution in [0.25, 0.3) is 0 Å². The Kier molecular flexibility index (Phi) is 2.98. The molecule has 0 saturated heterocycles. The molecule has 2 N–H and O–H groups in total. The number of aromatic amines is 1. The Morgan fingerprint density at radius 1 is 1.53 bits per heavy atom. The van der Waals surface area contributed by atoms with E-state index in [1.54, 1.807) is 6.07 Å². The maximum Gasteiger partial charge on any atom is 0.297 e. The monoisotopic (exact) mass is 248 g/mol. The summed E-state index contributed by atoms with van der Waals surface area (Å²) in [4.78, 5) is 11.6. The number of hydrogen-bond acceptors (Lipinski definition) is 5. The fourth-order valence-electron chi connectivity index (χ4n) is 1.13. The molecular formula is C9H5ClN6O. The molecule has 0 aliphatic carbocycles. The van der Waals surface area contributed by atoms with Crippen LogP contribution in [0, 0.1) is 11.3 Å². The average Bonchev–Trinajstić information content (AvgIpc) is 2.85. The number of carbonyl (C=O) groups is 1. The van der Waals surface area contributed by atoms with E-state index in [2.05, 4.69) is 25.9 Å². The third-order valence-corrected chi connectivity index (χ3v) is 2.22. The number of aromatic nitrogens is 4. The number of hydrogen-bond donors (Lipinski definition) is 2. The maximum absolute atomic E-state index is 11.6. The normalized spacial score (nSPS) is 9.65. The lowest BCUT2D eigenvalue weighted by atomic mass is 10.2. The van der Waals surface area contributed by atoms with Gasteiger partial charge in [0.1, 0.15) is 0 Å². The van der Waals surface area contributed by atoms with Crippen LogP contribution in [-0.2, 0) is 0 Å². The van der Waals surface area contributed by atoms with Gasteiger partial charge < -0.3 is 5.32 Å². The van der Waals surface area contributed by atoms with Crippen LogP contribution in [-0.4, -0.2) is 26.5 Å². The molecule has 1 aromatic carbocycles. The zero-order valence-electron chi connectivity index (χ0n) is 8.31. The first-order chi connectivity index (χ1) is 8.20. The number of halogens is 1. The summed E-state index contributed by atoms with van der Waals surface area (Å²) >= 11 is 5.87. The third-order valence-electron chi connectivity index (χ3n) is 1.89. The van der Waals surface area contributed by atoms with Crippen LogP contribution in [0.5, 0.6) is 0 Å². The van der Waals surface area contributed by atoms with Gasteiger partial charge in [0.05, 0.1) is 22.3 Å². The number of nitriles is 1. The van der Waals surface area contributed by atoms with Crippen LogP contribution >= 0.6 is 11.6 Å². The van der Waals surface area contributed by atoms with Crippen LogP contribution in [0.4, 0.5) is 5.69 Å². The number of rotatable bonds is 2. The molecule has 0 bridgehead atoms. The van der Waals surface area contributed by atoms with Crippen molar-refractivity contribution in [1.82, 2.24) is 20.6 Å². The van der Waals surface area contributed by atoms with Crippen LogP contribution in [0.15, 0.2) is 18.2 Å². The van der Waals surface area contributed by atoms with Crippen LogP contribution in [0.2, 0.25) is 5.02 Å². The lowest BCUT2D eigenvalue weighted by Gasteiger charge is -2.04. The predicted molar refractivity (Wildman–Crippen MR) is 58.3 cm³/mol. The van der Waals surface area contributed by atoms with Crippen LogP contribution in [0.1, 0.15) is 16.2 Å². The second-order valence-corrected chi connectivity index (χ2v) is 3.40. The fourth-order valence-corrected chi connectivity index (χ4v) is 1.29. The number of tetrazole rings is 1. The number of benzene rings is 1. The molecule has 17 heavy (non-hydrogen) atoms. The predicted octanol–water partition coefficient (Wildman–Crippen LogP) is 0.977. The minimum absolute atomic E-state index is 0.108. The standard InChI is InChI=1S/C9H5ClN6O/c10-6-2-1-5(4-11)3-7(6)12-9(17)8-13-15-16-14-8/h1-3H,(H,12,17)(H,13,14,15,16). The van der Waals surface area contributed by atoms with Crippen molar-refractivity contribution in [3.63, 3.8) is 0 Å². The molecule has 1 aromatic heterocycles. The Morgan fingerprint density at radius 2 is 2.35 bits per heavy atom. The maximum atomic E-state index is 11.6. The molecule has 0 atom stereocenters. The van der Waals surface area contributed by atoms with Crippen molar-refractivity contribution < 1.29 is 4.79 Å². The molecule has 8 heteroatoms. The lowest BCUT2D eigenvalue weighted by molar-refractivity contribution is 0.101. The highest BCUT2D eigenvalue weighted by atomic mass is 35.5. The second kappa shape index (κ2) is 4.59. The first-order valence-corrected chi connectivity index (χ1v) is 4.83. The molecule has 1 amide bonds.